The molecule has 3 aromatic rings. The van der Waals surface area contributed by atoms with Crippen LogP contribution in [0.4, 0.5) is 0 Å². The average molecular weight is 378 g/mol. The summed E-state index contributed by atoms with van der Waals surface area (Å²) >= 11 is 0. The van der Waals surface area contributed by atoms with Gasteiger partial charge in [0.25, 0.3) is 5.56 Å². The standard InChI is InChI=1S/C22H26N4O2/c1-5-13-26(14-17-9-7-6-8-10-17)19(27)12-11-18-15(2)20-16(3)24-25(4)21(20)23-22(18)28/h5-10H,1,11-14H2,2-4H3,(H,23,28). The molecule has 3 rings (SSSR count). The molecule has 0 radical (unpaired) electrons. The summed E-state index contributed by atoms with van der Waals surface area (Å²) < 4.78 is 1.68. The van der Waals surface area contributed by atoms with Gasteiger partial charge in [-0.3, -0.25) is 14.3 Å². The minimum absolute atomic E-state index is 0.00515. The Labute approximate surface area is 164 Å². The van der Waals surface area contributed by atoms with Crippen molar-refractivity contribution in [3.63, 3.8) is 0 Å². The van der Waals surface area contributed by atoms with E-state index in [9.17, 15) is 9.59 Å². The predicted molar refractivity (Wildman–Crippen MR) is 111 cm³/mol. The van der Waals surface area contributed by atoms with E-state index >= 15 is 0 Å². The molecule has 0 saturated carbocycles. The summed E-state index contributed by atoms with van der Waals surface area (Å²) in [5.41, 5.74) is 4.05. The maximum atomic E-state index is 12.8. The number of carbonyl (C=O) groups is 1. The van der Waals surface area contributed by atoms with Gasteiger partial charge in [-0.05, 0) is 31.4 Å². The molecule has 1 amide bonds. The topological polar surface area (TPSA) is 71.0 Å². The first-order chi connectivity index (χ1) is 13.4. The number of aromatic nitrogens is 3. The van der Waals surface area contributed by atoms with Crippen molar-refractivity contribution in [2.45, 2.75) is 33.2 Å². The summed E-state index contributed by atoms with van der Waals surface area (Å²) in [6.45, 7) is 8.62. The summed E-state index contributed by atoms with van der Waals surface area (Å²) in [5.74, 6) is 0.00515. The van der Waals surface area contributed by atoms with Gasteiger partial charge < -0.3 is 9.88 Å². The Balaban J connectivity index is 1.80. The molecule has 0 fully saturated rings. The first kappa shape index (κ1) is 19.6. The van der Waals surface area contributed by atoms with Crippen molar-refractivity contribution in [2.24, 2.45) is 7.05 Å². The molecule has 28 heavy (non-hydrogen) atoms. The van der Waals surface area contributed by atoms with Crippen LogP contribution in [0.25, 0.3) is 11.0 Å². The van der Waals surface area contributed by atoms with Gasteiger partial charge in [-0.15, -0.1) is 6.58 Å². The number of amides is 1. The predicted octanol–water partition coefficient (Wildman–Crippen LogP) is 3.03. The number of fused-ring (bicyclic) bond motifs is 1. The molecule has 6 heteroatoms. The van der Waals surface area contributed by atoms with Crippen molar-refractivity contribution < 1.29 is 4.79 Å². The summed E-state index contributed by atoms with van der Waals surface area (Å²) in [4.78, 5) is 30.1. The molecule has 0 aliphatic carbocycles. The minimum atomic E-state index is -0.154. The molecule has 6 nitrogen and oxygen atoms in total. The van der Waals surface area contributed by atoms with Gasteiger partial charge in [-0.2, -0.15) is 5.10 Å². The van der Waals surface area contributed by atoms with E-state index in [2.05, 4.69) is 16.7 Å². The maximum Gasteiger partial charge on any atom is 0.253 e. The zero-order valence-electron chi connectivity index (χ0n) is 16.7. The Bertz CT molecular complexity index is 1060. The van der Waals surface area contributed by atoms with E-state index in [1.807, 2.05) is 51.2 Å². The number of nitrogens with zero attached hydrogens (tertiary/aromatic N) is 3. The van der Waals surface area contributed by atoms with Gasteiger partial charge in [0.05, 0.1) is 5.69 Å². The van der Waals surface area contributed by atoms with Crippen molar-refractivity contribution >= 4 is 16.9 Å². The van der Waals surface area contributed by atoms with Gasteiger partial charge in [-0.1, -0.05) is 36.4 Å². The molecule has 146 valence electrons. The number of carbonyl (C=O) groups excluding carboxylic acids is 1. The number of H-pyrrole nitrogens is 1. The summed E-state index contributed by atoms with van der Waals surface area (Å²) in [5, 5.41) is 5.34. The Morgan fingerprint density at radius 2 is 2.00 bits per heavy atom. The molecule has 0 unspecified atom stereocenters. The lowest BCUT2D eigenvalue weighted by atomic mass is 10.0. The number of nitrogens with one attached hydrogen (secondary N) is 1. The summed E-state index contributed by atoms with van der Waals surface area (Å²) in [6.07, 6.45) is 2.39. The molecule has 0 aliphatic rings. The van der Waals surface area contributed by atoms with Crippen LogP contribution in [0.15, 0.2) is 47.8 Å². The number of hydrogen-bond donors (Lipinski definition) is 1. The Kier molecular flexibility index (Phi) is 5.78. The third kappa shape index (κ3) is 3.91. The van der Waals surface area contributed by atoms with Gasteiger partial charge in [0.15, 0.2) is 0 Å². The Hall–Kier alpha value is -3.15. The zero-order valence-corrected chi connectivity index (χ0v) is 16.7. The van der Waals surface area contributed by atoms with Crippen LogP contribution in [-0.2, 0) is 24.8 Å². The van der Waals surface area contributed by atoms with Crippen LogP contribution in [0.3, 0.4) is 0 Å². The highest BCUT2D eigenvalue weighted by Gasteiger charge is 2.18. The normalized spacial score (nSPS) is 11.0. The first-order valence-electron chi connectivity index (χ1n) is 9.40. The quantitative estimate of drug-likeness (QED) is 0.643. The lowest BCUT2D eigenvalue weighted by molar-refractivity contribution is -0.131. The van der Waals surface area contributed by atoms with Gasteiger partial charge in [0.2, 0.25) is 5.91 Å². The van der Waals surface area contributed by atoms with E-state index in [4.69, 9.17) is 0 Å². The number of aryl methyl sites for hydroxylation is 3. The molecule has 2 aromatic heterocycles. The maximum absolute atomic E-state index is 12.8. The van der Waals surface area contributed by atoms with E-state index in [-0.39, 0.29) is 17.9 Å². The zero-order chi connectivity index (χ0) is 20.3. The molecule has 2 heterocycles. The second-order valence-electron chi connectivity index (χ2n) is 7.04. The van der Waals surface area contributed by atoms with Crippen LogP contribution < -0.4 is 5.56 Å². The van der Waals surface area contributed by atoms with E-state index in [0.717, 1.165) is 22.2 Å². The molecule has 0 aliphatic heterocycles. The lowest BCUT2D eigenvalue weighted by Crippen LogP contribution is -2.31. The van der Waals surface area contributed by atoms with Crippen molar-refractivity contribution in [1.82, 2.24) is 19.7 Å². The third-order valence-electron chi connectivity index (χ3n) is 5.06. The number of pyridine rings is 1. The highest BCUT2D eigenvalue weighted by Crippen LogP contribution is 2.21. The molecule has 0 atom stereocenters. The number of benzene rings is 1. The van der Waals surface area contributed by atoms with Gasteiger partial charge in [0.1, 0.15) is 5.65 Å². The van der Waals surface area contributed by atoms with Crippen molar-refractivity contribution in [2.75, 3.05) is 6.54 Å². The molecule has 1 N–H and O–H groups in total. The Morgan fingerprint density at radius 3 is 2.68 bits per heavy atom. The first-order valence-corrected chi connectivity index (χ1v) is 9.40. The number of aromatic amines is 1. The fourth-order valence-corrected chi connectivity index (χ4v) is 3.66. The monoisotopic (exact) mass is 378 g/mol. The second kappa shape index (κ2) is 8.25. The highest BCUT2D eigenvalue weighted by molar-refractivity contribution is 5.83. The smallest absolute Gasteiger partial charge is 0.253 e. The minimum Gasteiger partial charge on any atom is -0.335 e. The van der Waals surface area contributed by atoms with Crippen molar-refractivity contribution in [3.8, 4) is 0 Å². The van der Waals surface area contributed by atoms with Gasteiger partial charge in [-0.25, -0.2) is 0 Å². The molecule has 0 bridgehead atoms. The van der Waals surface area contributed by atoms with Crippen LogP contribution >= 0.6 is 0 Å². The molecule has 1 aromatic carbocycles. The molecule has 0 saturated heterocycles. The molecule has 0 spiro atoms. The summed E-state index contributed by atoms with van der Waals surface area (Å²) in [6, 6.07) is 9.87. The largest absolute Gasteiger partial charge is 0.335 e. The van der Waals surface area contributed by atoms with Crippen LogP contribution in [-0.4, -0.2) is 32.1 Å². The summed E-state index contributed by atoms with van der Waals surface area (Å²) in [7, 11) is 1.81. The highest BCUT2D eigenvalue weighted by atomic mass is 16.2. The van der Waals surface area contributed by atoms with Crippen molar-refractivity contribution in [3.05, 3.63) is 75.7 Å². The van der Waals surface area contributed by atoms with E-state index < -0.39 is 0 Å². The SMILES string of the molecule is C=CCN(Cc1ccccc1)C(=O)CCc1c(C)c2c(C)nn(C)c2[nH]c1=O. The van der Waals surface area contributed by atoms with Crippen molar-refractivity contribution in [1.29, 1.82) is 0 Å². The van der Waals surface area contributed by atoms with Gasteiger partial charge >= 0.3 is 0 Å². The lowest BCUT2D eigenvalue weighted by Gasteiger charge is -2.21. The van der Waals surface area contributed by atoms with Crippen LogP contribution in [0.1, 0.15) is 28.8 Å². The molecular formula is C22H26N4O2. The fourth-order valence-electron chi connectivity index (χ4n) is 3.66. The van der Waals surface area contributed by atoms with E-state index in [1.165, 1.54) is 0 Å². The third-order valence-corrected chi connectivity index (χ3v) is 5.06. The van der Waals surface area contributed by atoms with Crippen LogP contribution in [0, 0.1) is 13.8 Å². The van der Waals surface area contributed by atoms with Crippen LogP contribution in [0.5, 0.6) is 0 Å². The average Bonchev–Trinajstić information content (AvgIpc) is 2.95. The van der Waals surface area contributed by atoms with E-state index in [1.54, 1.807) is 15.7 Å². The fraction of sp³-hybridized carbons (Fsp3) is 0.318. The Morgan fingerprint density at radius 1 is 1.29 bits per heavy atom. The second-order valence-corrected chi connectivity index (χ2v) is 7.04. The number of rotatable bonds is 7. The molecular weight excluding hydrogens is 352 g/mol. The van der Waals surface area contributed by atoms with Gasteiger partial charge in [0, 0.05) is 37.5 Å². The number of hydrogen-bond acceptors (Lipinski definition) is 3. The van der Waals surface area contributed by atoms with Crippen LogP contribution in [0.2, 0.25) is 0 Å². The van der Waals surface area contributed by atoms with E-state index in [0.29, 0.717) is 30.7 Å².